The minimum atomic E-state index is -0.790. The summed E-state index contributed by atoms with van der Waals surface area (Å²) in [6, 6.07) is 7.04. The van der Waals surface area contributed by atoms with E-state index in [1.165, 1.54) is 14.2 Å². The lowest BCUT2D eigenvalue weighted by atomic mass is 10.2. The van der Waals surface area contributed by atoms with Crippen LogP contribution in [0.2, 0.25) is 0 Å². The summed E-state index contributed by atoms with van der Waals surface area (Å²) in [7, 11) is 2.38. The molecule has 0 fully saturated rings. The van der Waals surface area contributed by atoms with Crippen LogP contribution >= 0.6 is 15.9 Å². The molecule has 1 aromatic heterocycles. The molecule has 0 saturated heterocycles. The van der Waals surface area contributed by atoms with Gasteiger partial charge in [-0.05, 0) is 24.3 Å². The Morgan fingerprint density at radius 2 is 1.70 bits per heavy atom. The van der Waals surface area contributed by atoms with Crippen molar-refractivity contribution in [3.05, 3.63) is 40.2 Å². The molecule has 1 aromatic carbocycles. The predicted molar refractivity (Wildman–Crippen MR) is 72.3 cm³/mol. The summed E-state index contributed by atoms with van der Waals surface area (Å²) in [6.45, 7) is 0. The zero-order valence-electron chi connectivity index (χ0n) is 10.7. The molecular formula is C13H10BrNO5. The van der Waals surface area contributed by atoms with Crippen molar-refractivity contribution in [2.24, 2.45) is 0 Å². The molecule has 2 rings (SSSR count). The van der Waals surface area contributed by atoms with Gasteiger partial charge in [0.05, 0.1) is 14.2 Å². The Hall–Kier alpha value is -2.15. The Bertz CT molecular complexity index is 614. The van der Waals surface area contributed by atoms with Gasteiger partial charge in [0.25, 0.3) is 0 Å². The van der Waals surface area contributed by atoms with Crippen molar-refractivity contribution >= 4 is 27.9 Å². The second kappa shape index (κ2) is 5.87. The number of benzene rings is 1. The van der Waals surface area contributed by atoms with Gasteiger partial charge in [-0.15, -0.1) is 0 Å². The number of esters is 2. The highest BCUT2D eigenvalue weighted by Gasteiger charge is 2.27. The largest absolute Gasteiger partial charge is 0.464 e. The average molecular weight is 340 g/mol. The van der Waals surface area contributed by atoms with E-state index in [0.717, 1.165) is 4.47 Å². The first-order chi connectivity index (χ1) is 9.56. The number of aromatic nitrogens is 1. The number of methoxy groups -OCH3 is 2. The zero-order chi connectivity index (χ0) is 14.7. The summed E-state index contributed by atoms with van der Waals surface area (Å²) >= 11 is 3.31. The summed E-state index contributed by atoms with van der Waals surface area (Å²) < 4.78 is 15.3. The van der Waals surface area contributed by atoms with Crippen molar-refractivity contribution in [1.29, 1.82) is 0 Å². The van der Waals surface area contributed by atoms with Crippen LogP contribution in [0.1, 0.15) is 21.0 Å². The van der Waals surface area contributed by atoms with Crippen molar-refractivity contribution < 1.29 is 23.5 Å². The van der Waals surface area contributed by atoms with Gasteiger partial charge in [-0.25, -0.2) is 14.6 Å². The van der Waals surface area contributed by atoms with Gasteiger partial charge in [-0.1, -0.05) is 15.9 Å². The van der Waals surface area contributed by atoms with E-state index in [2.05, 4.69) is 30.4 Å². The molecule has 20 heavy (non-hydrogen) atoms. The van der Waals surface area contributed by atoms with Crippen molar-refractivity contribution in [1.82, 2.24) is 4.98 Å². The first-order valence-corrected chi connectivity index (χ1v) is 6.29. The molecule has 0 amide bonds. The molecule has 0 radical (unpaired) electrons. The molecule has 104 valence electrons. The van der Waals surface area contributed by atoms with Gasteiger partial charge >= 0.3 is 11.9 Å². The van der Waals surface area contributed by atoms with Crippen LogP contribution in [-0.2, 0) is 9.47 Å². The van der Waals surface area contributed by atoms with Crippen LogP contribution in [0.3, 0.4) is 0 Å². The Balaban J connectivity index is 2.51. The van der Waals surface area contributed by atoms with Crippen molar-refractivity contribution in [2.75, 3.05) is 14.2 Å². The summed E-state index contributed by atoms with van der Waals surface area (Å²) in [6.07, 6.45) is 0. The fourth-order valence-corrected chi connectivity index (χ4v) is 1.77. The Morgan fingerprint density at radius 1 is 1.10 bits per heavy atom. The molecule has 6 nitrogen and oxygen atoms in total. The molecule has 0 unspecified atom stereocenters. The predicted octanol–water partition coefficient (Wildman–Crippen LogP) is 2.68. The topological polar surface area (TPSA) is 78.6 Å². The quantitative estimate of drug-likeness (QED) is 0.800. The molecule has 0 saturated carbocycles. The minimum Gasteiger partial charge on any atom is -0.464 e. The van der Waals surface area contributed by atoms with Crippen LogP contribution in [0.5, 0.6) is 0 Å². The summed E-state index contributed by atoms with van der Waals surface area (Å²) in [5.74, 6) is -1.70. The fraction of sp³-hybridized carbons (Fsp3) is 0.154. The SMILES string of the molecule is COC(=O)c1nc(-c2ccc(Br)cc2)oc1C(=O)OC. The van der Waals surface area contributed by atoms with Gasteiger partial charge in [0.1, 0.15) is 0 Å². The van der Waals surface area contributed by atoms with E-state index in [4.69, 9.17) is 4.42 Å². The number of rotatable bonds is 3. The second-order valence-corrected chi connectivity index (χ2v) is 4.60. The number of carbonyl (C=O) groups excluding carboxylic acids is 2. The van der Waals surface area contributed by atoms with Crippen molar-refractivity contribution in [2.45, 2.75) is 0 Å². The maximum Gasteiger partial charge on any atom is 0.376 e. The third-order valence-corrected chi connectivity index (χ3v) is 3.00. The molecule has 0 aliphatic heterocycles. The third-order valence-electron chi connectivity index (χ3n) is 2.47. The van der Waals surface area contributed by atoms with Gasteiger partial charge in [-0.2, -0.15) is 0 Å². The number of halogens is 1. The third kappa shape index (κ3) is 2.72. The van der Waals surface area contributed by atoms with Crippen LogP contribution in [0.4, 0.5) is 0 Å². The van der Waals surface area contributed by atoms with E-state index in [0.29, 0.717) is 5.56 Å². The molecule has 0 atom stereocenters. The number of hydrogen-bond acceptors (Lipinski definition) is 6. The lowest BCUT2D eigenvalue weighted by Crippen LogP contribution is -2.10. The van der Waals surface area contributed by atoms with E-state index < -0.39 is 11.9 Å². The van der Waals surface area contributed by atoms with Crippen LogP contribution in [0, 0.1) is 0 Å². The zero-order valence-corrected chi connectivity index (χ0v) is 12.3. The first-order valence-electron chi connectivity index (χ1n) is 5.50. The van der Waals surface area contributed by atoms with Crippen molar-refractivity contribution in [3.63, 3.8) is 0 Å². The van der Waals surface area contributed by atoms with E-state index in [-0.39, 0.29) is 17.3 Å². The lowest BCUT2D eigenvalue weighted by Gasteiger charge is -1.96. The molecule has 0 spiro atoms. The normalized spacial score (nSPS) is 10.2. The monoisotopic (exact) mass is 339 g/mol. The number of hydrogen-bond donors (Lipinski definition) is 0. The average Bonchev–Trinajstić information content (AvgIpc) is 2.91. The number of carbonyl (C=O) groups is 2. The van der Waals surface area contributed by atoms with E-state index in [1.54, 1.807) is 24.3 Å². The van der Waals surface area contributed by atoms with Crippen LogP contribution in [0.15, 0.2) is 33.2 Å². The fourth-order valence-electron chi connectivity index (χ4n) is 1.50. The van der Waals surface area contributed by atoms with Crippen LogP contribution < -0.4 is 0 Å². The molecule has 7 heteroatoms. The number of ether oxygens (including phenoxy) is 2. The maximum absolute atomic E-state index is 11.6. The van der Waals surface area contributed by atoms with Gasteiger partial charge in [0.15, 0.2) is 0 Å². The van der Waals surface area contributed by atoms with Crippen LogP contribution in [0.25, 0.3) is 11.5 Å². The lowest BCUT2D eigenvalue weighted by molar-refractivity contribution is 0.0527. The van der Waals surface area contributed by atoms with Gasteiger partial charge < -0.3 is 13.9 Å². The number of nitrogens with zero attached hydrogens (tertiary/aromatic N) is 1. The van der Waals surface area contributed by atoms with E-state index >= 15 is 0 Å². The Morgan fingerprint density at radius 3 is 2.25 bits per heavy atom. The summed E-state index contributed by atoms with van der Waals surface area (Å²) in [5.41, 5.74) is 0.408. The highest BCUT2D eigenvalue weighted by molar-refractivity contribution is 9.10. The van der Waals surface area contributed by atoms with Crippen molar-refractivity contribution in [3.8, 4) is 11.5 Å². The minimum absolute atomic E-state index is 0.137. The second-order valence-electron chi connectivity index (χ2n) is 3.69. The van der Waals surface area contributed by atoms with Crippen LogP contribution in [-0.4, -0.2) is 31.1 Å². The number of oxazole rings is 1. The Kier molecular flexibility index (Phi) is 4.19. The Labute approximate surface area is 122 Å². The van der Waals surface area contributed by atoms with E-state index in [1.807, 2.05) is 0 Å². The summed E-state index contributed by atoms with van der Waals surface area (Å²) in [5, 5.41) is 0. The van der Waals surface area contributed by atoms with E-state index in [9.17, 15) is 9.59 Å². The van der Waals surface area contributed by atoms with Gasteiger partial charge in [-0.3, -0.25) is 0 Å². The highest BCUT2D eigenvalue weighted by atomic mass is 79.9. The molecule has 0 N–H and O–H groups in total. The van der Waals surface area contributed by atoms with Gasteiger partial charge in [0.2, 0.25) is 17.3 Å². The molecule has 2 aromatic rings. The molecule has 0 bridgehead atoms. The smallest absolute Gasteiger partial charge is 0.376 e. The highest BCUT2D eigenvalue weighted by Crippen LogP contribution is 2.24. The summed E-state index contributed by atoms with van der Waals surface area (Å²) in [4.78, 5) is 27.2. The molecular weight excluding hydrogens is 330 g/mol. The molecule has 0 aliphatic carbocycles. The molecule has 1 heterocycles. The standard InChI is InChI=1S/C13H10BrNO5/c1-18-12(16)9-10(13(17)19-2)20-11(15-9)7-3-5-8(14)6-4-7/h3-6H,1-2H3. The van der Waals surface area contributed by atoms with Gasteiger partial charge in [0, 0.05) is 10.0 Å². The maximum atomic E-state index is 11.6. The molecule has 0 aliphatic rings. The first kappa shape index (κ1) is 14.3.